The van der Waals surface area contributed by atoms with Crippen molar-refractivity contribution in [2.75, 3.05) is 0 Å². The van der Waals surface area contributed by atoms with Crippen LogP contribution in [0.25, 0.3) is 0 Å². The highest BCUT2D eigenvalue weighted by atomic mass is 16.4. The van der Waals surface area contributed by atoms with E-state index in [4.69, 9.17) is 198 Å². The minimum atomic E-state index is -0.833. The van der Waals surface area contributed by atoms with E-state index in [1.54, 1.807) is 0 Å². The van der Waals surface area contributed by atoms with Crippen molar-refractivity contribution in [1.82, 2.24) is 0 Å². The summed E-state index contributed by atoms with van der Waals surface area (Å²) in [5.41, 5.74) is 0. The van der Waals surface area contributed by atoms with Gasteiger partial charge in [-0.2, -0.15) is 0 Å². The molecule has 0 atom stereocenters. The van der Waals surface area contributed by atoms with Gasteiger partial charge in [-0.25, -0.2) is 0 Å². The van der Waals surface area contributed by atoms with E-state index in [1.807, 2.05) is 13.8 Å². The number of hydrogen-bond acceptors (Lipinski definition) is 20. The van der Waals surface area contributed by atoms with Gasteiger partial charge in [-0.05, 0) is 0 Å². The van der Waals surface area contributed by atoms with E-state index in [0.717, 1.165) is 138 Å². The average Bonchev–Trinajstić information content (AvgIpc) is 3.04. The van der Waals surface area contributed by atoms with Crippen molar-refractivity contribution in [2.45, 2.75) is 152 Å². The van der Waals surface area contributed by atoms with E-state index in [1.165, 1.54) is 0 Å². The topological polar surface area (TPSA) is 746 Å². The molecule has 0 radical (unpaired) electrons. The van der Waals surface area contributed by atoms with Crippen molar-refractivity contribution in [2.24, 2.45) is 0 Å². The molecule has 0 amide bonds. The second-order valence-electron chi connectivity index (χ2n) is 10.4. The van der Waals surface area contributed by atoms with Crippen molar-refractivity contribution in [3.8, 4) is 0 Å². The minimum Gasteiger partial charge on any atom is -0.481 e. The molecule has 40 heteroatoms. The summed E-state index contributed by atoms with van der Waals surface area (Å²) in [5, 5.41) is 148. The Morgan fingerprint density at radius 2 is 0.110 bits per heavy atom. The fourth-order valence-corrected chi connectivity index (χ4v) is 0. The molecule has 0 spiro atoms. The quantitative estimate of drug-likeness (QED) is 0.166. The van der Waals surface area contributed by atoms with Gasteiger partial charge in [0.05, 0.1) is 0 Å². The summed E-state index contributed by atoms with van der Waals surface area (Å²) in [5.74, 6) is -16.7. The molecule has 0 aromatic rings. The van der Waals surface area contributed by atoms with Crippen LogP contribution in [0.3, 0.4) is 0 Å². The third kappa shape index (κ3) is 2890. The molecule has 0 aliphatic carbocycles. The van der Waals surface area contributed by atoms with Crippen molar-refractivity contribution in [3.05, 3.63) is 0 Å². The van der Waals surface area contributed by atoms with Crippen LogP contribution in [0.1, 0.15) is 152 Å². The summed E-state index contributed by atoms with van der Waals surface area (Å²) < 4.78 is 0. The van der Waals surface area contributed by atoms with Crippen LogP contribution in [-0.4, -0.2) is 222 Å². The number of carbonyl (C=O) groups is 20. The second kappa shape index (κ2) is 139. The van der Waals surface area contributed by atoms with Gasteiger partial charge in [0.15, 0.2) is 0 Å². The van der Waals surface area contributed by atoms with Gasteiger partial charge in [-0.1, -0.05) is 13.8 Å². The van der Waals surface area contributed by atoms with Crippen LogP contribution >= 0.6 is 0 Å². The van der Waals surface area contributed by atoms with Crippen LogP contribution in [0.15, 0.2) is 0 Å². The maximum atomic E-state index is 9.00. The van der Waals surface area contributed by atoms with E-state index in [2.05, 4.69) is 0 Å². The van der Waals surface area contributed by atoms with Gasteiger partial charge >= 0.3 is 0 Å². The number of aliphatic carboxylic acids is 20. The molecule has 0 rings (SSSR count). The highest BCUT2D eigenvalue weighted by Crippen LogP contribution is 1.49. The molecule has 20 N–H and O–H groups in total. The maximum Gasteiger partial charge on any atom is 0.300 e. The second-order valence-corrected chi connectivity index (χ2v) is 10.4. The number of rotatable bonds is 0. The minimum absolute atomic E-state index is 0.833. The zero-order valence-corrected chi connectivity index (χ0v) is 49.1. The molecular weight excluding hydrogens is 1140 g/mol. The van der Waals surface area contributed by atoms with Crippen LogP contribution < -0.4 is 0 Å². The Labute approximate surface area is 469 Å². The average molecular weight is 1230 g/mol. The molecule has 0 fully saturated rings. The van der Waals surface area contributed by atoms with Gasteiger partial charge in [0.1, 0.15) is 0 Å². The molecule has 0 bridgehead atoms. The zero-order valence-electron chi connectivity index (χ0n) is 49.1. The van der Waals surface area contributed by atoms with Crippen LogP contribution in [0.4, 0.5) is 0 Å². The first-order valence-electron chi connectivity index (χ1n) is 19.6. The molecule has 494 valence electrons. The van der Waals surface area contributed by atoms with E-state index in [-0.39, 0.29) is 0 Å². The van der Waals surface area contributed by atoms with Crippen LogP contribution in [0.2, 0.25) is 0 Å². The van der Waals surface area contributed by atoms with Gasteiger partial charge < -0.3 is 102 Å². The highest BCUT2D eigenvalue weighted by Gasteiger charge is 1.72. The lowest BCUT2D eigenvalue weighted by atomic mass is 10.9. The van der Waals surface area contributed by atoms with Crippen molar-refractivity contribution in [1.29, 1.82) is 0 Å². The molecule has 82 heavy (non-hydrogen) atoms. The number of hydrogen-bond donors (Lipinski definition) is 20. The SMILES string of the molecule is CC.CC(=O)O.CC(=O)O.CC(=O)O.CC(=O)O.CC(=O)O.CC(=O)O.CC(=O)O.CC(=O)O.CC(=O)O.CC(=O)O.CC(=O)O.CC(=O)O.CC(=O)O.CC(=O)O.CC(=O)O.CC(=O)O.CC(=O)O.CC(=O)O.CC(=O)O.CC(=O)O. The maximum absolute atomic E-state index is 9.00. The Hall–Kier alpha value is -10.6. The fraction of sp³-hybridized carbons (Fsp3) is 0.524. The lowest BCUT2D eigenvalue weighted by molar-refractivity contribution is -0.135. The van der Waals surface area contributed by atoms with E-state index >= 15 is 0 Å². The van der Waals surface area contributed by atoms with Crippen LogP contribution in [0.5, 0.6) is 0 Å². The largest absolute Gasteiger partial charge is 0.481 e. The summed E-state index contributed by atoms with van der Waals surface area (Å²) in [7, 11) is 0. The monoisotopic (exact) mass is 1230 g/mol. The Kier molecular flexibility index (Phi) is 236. The Bertz CT molecular complexity index is 1060. The molecule has 0 heterocycles. The first-order valence-corrected chi connectivity index (χ1v) is 19.6. The summed E-state index contributed by atoms with van der Waals surface area (Å²) in [6.07, 6.45) is 0. The smallest absolute Gasteiger partial charge is 0.300 e. The zero-order chi connectivity index (χ0) is 73.5. The fourth-order valence-electron chi connectivity index (χ4n) is 0. The third-order valence-electron chi connectivity index (χ3n) is 0. The molecule has 0 aromatic heterocycles. The molecule has 0 saturated carbocycles. The first-order chi connectivity index (χ1) is 35.6. The van der Waals surface area contributed by atoms with Gasteiger partial charge in [0.25, 0.3) is 119 Å². The van der Waals surface area contributed by atoms with E-state index in [9.17, 15) is 0 Å². The van der Waals surface area contributed by atoms with E-state index in [0.29, 0.717) is 0 Å². The van der Waals surface area contributed by atoms with Gasteiger partial charge in [-0.3, -0.25) is 95.9 Å². The Balaban J connectivity index is -0.0000000251. The molecule has 0 unspecified atom stereocenters. The standard InChI is InChI=1S/20C2H4O2.C2H6/c20*1-2(3)4;1-2/h20*1H3,(H,3,4);1-2H3. The molecule has 0 saturated heterocycles. The number of carboxylic acid groups (broad SMARTS) is 20. The van der Waals surface area contributed by atoms with Gasteiger partial charge in [0.2, 0.25) is 0 Å². The summed E-state index contributed by atoms with van der Waals surface area (Å²) in [6, 6.07) is 0. The van der Waals surface area contributed by atoms with E-state index < -0.39 is 119 Å². The normalized spacial score (nSPS) is 6.17. The summed E-state index contributed by atoms with van der Waals surface area (Å²) in [4.78, 5) is 180. The molecular formula is C42H86O40. The van der Waals surface area contributed by atoms with Crippen molar-refractivity contribution >= 4 is 119 Å². The molecule has 0 aromatic carbocycles. The third-order valence-corrected chi connectivity index (χ3v) is 0. The lowest BCUT2D eigenvalue weighted by Gasteiger charge is -1.59. The molecule has 0 aliphatic rings. The van der Waals surface area contributed by atoms with Gasteiger partial charge in [0, 0.05) is 138 Å². The van der Waals surface area contributed by atoms with Crippen LogP contribution in [-0.2, 0) is 95.9 Å². The van der Waals surface area contributed by atoms with Crippen LogP contribution in [0, 0.1) is 0 Å². The van der Waals surface area contributed by atoms with Gasteiger partial charge in [-0.15, -0.1) is 0 Å². The van der Waals surface area contributed by atoms with Crippen molar-refractivity contribution < 1.29 is 198 Å². The highest BCUT2D eigenvalue weighted by molar-refractivity contribution is 5.67. The van der Waals surface area contributed by atoms with Crippen molar-refractivity contribution in [3.63, 3.8) is 0 Å². The lowest BCUT2D eigenvalue weighted by Crippen LogP contribution is -1.78. The first kappa shape index (κ1) is 139. The summed E-state index contributed by atoms with van der Waals surface area (Å²) in [6.45, 7) is 25.7. The predicted molar refractivity (Wildman–Crippen MR) is 278 cm³/mol. The Morgan fingerprint density at radius 3 is 0.110 bits per heavy atom. The predicted octanol–water partition coefficient (Wildman–Crippen LogP) is 2.84. The molecule has 40 nitrogen and oxygen atoms in total. The summed E-state index contributed by atoms with van der Waals surface area (Å²) >= 11 is 0. The Morgan fingerprint density at radius 1 is 0.110 bits per heavy atom. The number of carboxylic acids is 20. The molecule has 0 aliphatic heterocycles.